The molecule has 0 saturated heterocycles. The van der Waals surface area contributed by atoms with Gasteiger partial charge in [0, 0.05) is 13.1 Å². The third kappa shape index (κ3) is 8.88. The number of amides is 2. The summed E-state index contributed by atoms with van der Waals surface area (Å²) in [7, 11) is 1.34. The fourth-order valence-corrected chi connectivity index (χ4v) is 2.80. The molecule has 0 aromatic heterocycles. The van der Waals surface area contributed by atoms with Gasteiger partial charge in [0.05, 0.1) is 18.7 Å². The Hall–Kier alpha value is -3.39. The highest BCUT2D eigenvalue weighted by atomic mass is 16.5. The van der Waals surface area contributed by atoms with Crippen molar-refractivity contribution in [1.82, 2.24) is 10.6 Å². The summed E-state index contributed by atoms with van der Waals surface area (Å²) in [6.45, 7) is 1.02. The van der Waals surface area contributed by atoms with Crippen LogP contribution in [0.2, 0.25) is 0 Å². The monoisotopic (exact) mass is 427 g/mol. The lowest BCUT2D eigenvalue weighted by Gasteiger charge is -2.13. The molecule has 0 radical (unpaired) electrons. The van der Waals surface area contributed by atoms with Gasteiger partial charge in [-0.2, -0.15) is 0 Å². The van der Waals surface area contributed by atoms with Gasteiger partial charge in [0.1, 0.15) is 6.61 Å². The second kappa shape index (κ2) is 13.0. The number of carbonyl (C=O) groups excluding carboxylic acids is 3. The minimum atomic E-state index is -0.649. The van der Waals surface area contributed by atoms with E-state index >= 15 is 0 Å². The molecular formula is C23H29N3O5. The van der Waals surface area contributed by atoms with Crippen molar-refractivity contribution in [3.8, 4) is 0 Å². The molecule has 8 nitrogen and oxygen atoms in total. The van der Waals surface area contributed by atoms with E-state index in [0.717, 1.165) is 11.1 Å². The van der Waals surface area contributed by atoms with E-state index < -0.39 is 12.1 Å². The molecule has 0 bridgehead atoms. The van der Waals surface area contributed by atoms with E-state index in [4.69, 9.17) is 10.5 Å². The molecule has 2 amide bonds. The lowest BCUT2D eigenvalue weighted by Crippen LogP contribution is -2.41. The lowest BCUT2D eigenvalue weighted by atomic mass is 10.1. The van der Waals surface area contributed by atoms with Crippen LogP contribution in [0.15, 0.2) is 54.6 Å². The van der Waals surface area contributed by atoms with E-state index in [9.17, 15) is 14.4 Å². The SMILES string of the molecule is COC(=O)c1ccc(CCNC(=O)[C@@H](N)CCCNC(=O)OCc2ccccc2)cc1. The predicted molar refractivity (Wildman–Crippen MR) is 116 cm³/mol. The van der Waals surface area contributed by atoms with Crippen LogP contribution in [-0.4, -0.2) is 44.2 Å². The van der Waals surface area contributed by atoms with Crippen LogP contribution in [0.4, 0.5) is 4.79 Å². The van der Waals surface area contributed by atoms with E-state index in [2.05, 4.69) is 15.4 Å². The molecule has 0 aliphatic rings. The molecule has 0 spiro atoms. The minimum absolute atomic E-state index is 0.208. The molecule has 2 rings (SSSR count). The first kappa shape index (κ1) is 23.9. The lowest BCUT2D eigenvalue weighted by molar-refractivity contribution is -0.122. The molecule has 31 heavy (non-hydrogen) atoms. The highest BCUT2D eigenvalue weighted by Gasteiger charge is 2.13. The van der Waals surface area contributed by atoms with Crippen LogP contribution in [-0.2, 0) is 27.3 Å². The molecule has 2 aromatic rings. The smallest absolute Gasteiger partial charge is 0.407 e. The number of hydrogen-bond acceptors (Lipinski definition) is 6. The number of methoxy groups -OCH3 is 1. The Morgan fingerprint density at radius 2 is 1.65 bits per heavy atom. The summed E-state index contributed by atoms with van der Waals surface area (Å²) >= 11 is 0. The third-order valence-electron chi connectivity index (χ3n) is 4.60. The van der Waals surface area contributed by atoms with Gasteiger partial charge in [-0.05, 0) is 42.5 Å². The highest BCUT2D eigenvalue weighted by molar-refractivity contribution is 5.89. The summed E-state index contributed by atoms with van der Waals surface area (Å²) in [6, 6.07) is 15.8. The standard InChI is InChI=1S/C23H29N3O5/c1-30-22(28)19-11-9-17(10-12-19)13-15-25-21(27)20(24)8-5-14-26-23(29)31-16-18-6-3-2-4-7-18/h2-4,6-7,9-12,20H,5,8,13-16,24H2,1H3,(H,25,27)(H,26,29)/t20-/m0/s1. The van der Waals surface area contributed by atoms with E-state index in [-0.39, 0.29) is 18.5 Å². The predicted octanol–water partition coefficient (Wildman–Crippen LogP) is 2.17. The summed E-state index contributed by atoms with van der Waals surface area (Å²) < 4.78 is 9.78. The fourth-order valence-electron chi connectivity index (χ4n) is 2.80. The Balaban J connectivity index is 1.56. The first-order valence-electron chi connectivity index (χ1n) is 10.1. The average molecular weight is 428 g/mol. The summed E-state index contributed by atoms with van der Waals surface area (Å²) in [5.74, 6) is -0.623. The van der Waals surface area contributed by atoms with Gasteiger partial charge >= 0.3 is 12.1 Å². The molecule has 0 aliphatic carbocycles. The zero-order valence-corrected chi connectivity index (χ0v) is 17.6. The Labute approximate surface area is 182 Å². The number of rotatable bonds is 11. The quantitative estimate of drug-likeness (QED) is 0.373. The van der Waals surface area contributed by atoms with Crippen molar-refractivity contribution in [1.29, 1.82) is 0 Å². The summed E-state index contributed by atoms with van der Waals surface area (Å²) in [5, 5.41) is 5.45. The Morgan fingerprint density at radius 1 is 0.935 bits per heavy atom. The first-order valence-corrected chi connectivity index (χ1v) is 10.1. The number of hydrogen-bond donors (Lipinski definition) is 3. The van der Waals surface area contributed by atoms with Crippen molar-refractivity contribution in [3.05, 3.63) is 71.3 Å². The van der Waals surface area contributed by atoms with Crippen LogP contribution in [0.3, 0.4) is 0 Å². The van der Waals surface area contributed by atoms with Crippen molar-refractivity contribution in [2.75, 3.05) is 20.2 Å². The Bertz CT molecular complexity index is 840. The van der Waals surface area contributed by atoms with Crippen LogP contribution in [0.5, 0.6) is 0 Å². The molecule has 166 valence electrons. The number of ether oxygens (including phenoxy) is 2. The molecule has 0 saturated carbocycles. The molecule has 4 N–H and O–H groups in total. The van der Waals surface area contributed by atoms with Gasteiger partial charge in [0.25, 0.3) is 0 Å². The molecule has 2 aromatic carbocycles. The zero-order chi connectivity index (χ0) is 22.5. The largest absolute Gasteiger partial charge is 0.465 e. The zero-order valence-electron chi connectivity index (χ0n) is 17.6. The third-order valence-corrected chi connectivity index (χ3v) is 4.60. The van der Waals surface area contributed by atoms with Gasteiger partial charge in [-0.25, -0.2) is 9.59 Å². The second-order valence-electron chi connectivity index (χ2n) is 6.97. The van der Waals surface area contributed by atoms with Crippen LogP contribution < -0.4 is 16.4 Å². The molecule has 1 atom stereocenters. The number of esters is 1. The van der Waals surface area contributed by atoms with E-state index in [1.54, 1.807) is 12.1 Å². The van der Waals surface area contributed by atoms with Crippen molar-refractivity contribution in [2.24, 2.45) is 5.73 Å². The van der Waals surface area contributed by atoms with E-state index in [1.807, 2.05) is 42.5 Å². The van der Waals surface area contributed by atoms with Gasteiger partial charge in [0.2, 0.25) is 5.91 Å². The Kier molecular flexibility index (Phi) is 10.0. The summed E-state index contributed by atoms with van der Waals surface area (Å²) in [5.41, 5.74) is 8.29. The van der Waals surface area contributed by atoms with Crippen LogP contribution in [0.1, 0.15) is 34.3 Å². The van der Waals surface area contributed by atoms with Crippen LogP contribution in [0.25, 0.3) is 0 Å². The number of alkyl carbamates (subject to hydrolysis) is 1. The van der Waals surface area contributed by atoms with Crippen LogP contribution >= 0.6 is 0 Å². The van der Waals surface area contributed by atoms with Gasteiger partial charge in [-0.15, -0.1) is 0 Å². The van der Waals surface area contributed by atoms with E-state index in [0.29, 0.717) is 37.9 Å². The van der Waals surface area contributed by atoms with Crippen molar-refractivity contribution in [3.63, 3.8) is 0 Å². The van der Waals surface area contributed by atoms with Gasteiger partial charge in [0.15, 0.2) is 0 Å². The number of nitrogens with one attached hydrogen (secondary N) is 2. The topological polar surface area (TPSA) is 120 Å². The fraction of sp³-hybridized carbons (Fsp3) is 0.348. The molecule has 0 aliphatic heterocycles. The number of nitrogens with two attached hydrogens (primary N) is 1. The molecule has 8 heteroatoms. The summed E-state index contributed by atoms with van der Waals surface area (Å²) in [6.07, 6.45) is 1.12. The molecule has 0 fully saturated rings. The molecule has 0 heterocycles. The molecule has 0 unspecified atom stereocenters. The molecular weight excluding hydrogens is 398 g/mol. The maximum Gasteiger partial charge on any atom is 0.407 e. The first-order chi connectivity index (χ1) is 15.0. The van der Waals surface area contributed by atoms with Crippen LogP contribution in [0, 0.1) is 0 Å². The van der Waals surface area contributed by atoms with Gasteiger partial charge in [-0.3, -0.25) is 4.79 Å². The normalized spacial score (nSPS) is 11.3. The van der Waals surface area contributed by atoms with E-state index in [1.165, 1.54) is 7.11 Å². The van der Waals surface area contributed by atoms with Crippen molar-refractivity contribution in [2.45, 2.75) is 31.9 Å². The van der Waals surface area contributed by atoms with Gasteiger partial charge in [-0.1, -0.05) is 42.5 Å². The second-order valence-corrected chi connectivity index (χ2v) is 6.97. The number of benzene rings is 2. The van der Waals surface area contributed by atoms with Gasteiger partial charge < -0.3 is 25.8 Å². The summed E-state index contributed by atoms with van der Waals surface area (Å²) in [4.78, 5) is 35.2. The maximum atomic E-state index is 12.1. The van der Waals surface area contributed by atoms with Crippen molar-refractivity contribution >= 4 is 18.0 Å². The minimum Gasteiger partial charge on any atom is -0.465 e. The van der Waals surface area contributed by atoms with Crippen molar-refractivity contribution < 1.29 is 23.9 Å². The maximum absolute atomic E-state index is 12.1. The average Bonchev–Trinajstić information content (AvgIpc) is 2.80. The highest BCUT2D eigenvalue weighted by Crippen LogP contribution is 2.06. The Morgan fingerprint density at radius 3 is 2.32 bits per heavy atom. The number of carbonyl (C=O) groups is 3.